The molecule has 6 nitrogen and oxygen atoms in total. The van der Waals surface area contributed by atoms with Crippen molar-refractivity contribution in [1.82, 2.24) is 4.98 Å². The smallest absolute Gasteiger partial charge is 0.410 e. The zero-order valence-corrected chi connectivity index (χ0v) is 17.0. The van der Waals surface area contributed by atoms with Gasteiger partial charge in [-0.05, 0) is 35.9 Å². The lowest BCUT2D eigenvalue weighted by molar-refractivity contribution is -0.0601. The van der Waals surface area contributed by atoms with E-state index in [1.54, 1.807) is 0 Å². The van der Waals surface area contributed by atoms with Crippen LogP contribution in [-0.4, -0.2) is 47.6 Å². The molecule has 1 aromatic heterocycles. The molecule has 0 unspecified atom stereocenters. The molecule has 0 bridgehead atoms. The molecule has 0 saturated heterocycles. The number of H-pyrrole nitrogens is 1. The van der Waals surface area contributed by atoms with Gasteiger partial charge in [0.2, 0.25) is 0 Å². The van der Waals surface area contributed by atoms with E-state index in [-0.39, 0.29) is 5.56 Å². The van der Waals surface area contributed by atoms with Gasteiger partial charge in [0.15, 0.2) is 5.71 Å². The molecule has 3 aromatic rings. The normalized spacial score (nSPS) is 11.9. The highest BCUT2D eigenvalue weighted by atomic mass is 32.2. The Labute approximate surface area is 170 Å². The molecule has 0 aliphatic rings. The summed E-state index contributed by atoms with van der Waals surface area (Å²) in [7, 11) is -3.67. The van der Waals surface area contributed by atoms with Gasteiger partial charge in [-0.3, -0.25) is 4.55 Å². The van der Waals surface area contributed by atoms with Gasteiger partial charge in [0.25, 0.3) is 10.1 Å². The van der Waals surface area contributed by atoms with E-state index in [2.05, 4.69) is 28.3 Å². The van der Waals surface area contributed by atoms with Gasteiger partial charge in [0, 0.05) is 22.2 Å². The van der Waals surface area contributed by atoms with E-state index in [9.17, 15) is 21.6 Å². The highest BCUT2D eigenvalue weighted by Crippen LogP contribution is 2.24. The molecule has 0 saturated carbocycles. The van der Waals surface area contributed by atoms with Crippen LogP contribution in [0.3, 0.4) is 0 Å². The number of oxime groups is 1. The Morgan fingerprint density at radius 3 is 2.07 bits per heavy atom. The summed E-state index contributed by atoms with van der Waals surface area (Å²) in [6, 6.07) is 15.9. The largest absolute Gasteiger partial charge is 0.437 e. The molecule has 3 N–H and O–H groups in total. The minimum absolute atomic E-state index is 0.150. The van der Waals surface area contributed by atoms with Gasteiger partial charge in [-0.2, -0.15) is 21.6 Å². The summed E-state index contributed by atoms with van der Waals surface area (Å²) in [6.45, 7) is 0. The zero-order chi connectivity index (χ0) is 22.1. The predicted octanol–water partition coefficient (Wildman–Crippen LogP) is 4.82. The maximum atomic E-state index is 12.3. The number of aromatic amines is 1. The van der Waals surface area contributed by atoms with E-state index in [1.165, 1.54) is 46.9 Å². The number of fused-ring (bicyclic) bond motifs is 1. The predicted molar refractivity (Wildman–Crippen MR) is 108 cm³/mol. The second-order valence-electron chi connectivity index (χ2n) is 5.47. The Kier molecular flexibility index (Phi) is 9.21. The molecule has 29 heavy (non-hydrogen) atoms. The number of aromatic nitrogens is 1. The van der Waals surface area contributed by atoms with E-state index >= 15 is 0 Å². The van der Waals surface area contributed by atoms with Crippen LogP contribution in [0.5, 0.6) is 0 Å². The first-order chi connectivity index (χ1) is 13.5. The van der Waals surface area contributed by atoms with Crippen LogP contribution in [0.4, 0.5) is 13.2 Å². The number of hydrogen-bond donors (Lipinski definition) is 3. The molecule has 0 amide bonds. The van der Waals surface area contributed by atoms with Crippen LogP contribution in [0, 0.1) is 0 Å². The topological polar surface area (TPSA) is 103 Å². The molecule has 11 heteroatoms. The van der Waals surface area contributed by atoms with Gasteiger partial charge in [-0.25, -0.2) is 0 Å². The summed E-state index contributed by atoms with van der Waals surface area (Å²) in [5.41, 5.74) is -0.226. The summed E-state index contributed by atoms with van der Waals surface area (Å²) in [5.74, 6) is 0. The fourth-order valence-corrected chi connectivity index (χ4v) is 2.43. The van der Waals surface area contributed by atoms with Crippen molar-refractivity contribution < 1.29 is 31.3 Å². The second kappa shape index (κ2) is 10.9. The third-order valence-electron chi connectivity index (χ3n) is 3.19. The third-order valence-corrected chi connectivity index (χ3v) is 3.94. The van der Waals surface area contributed by atoms with E-state index in [4.69, 9.17) is 9.76 Å². The van der Waals surface area contributed by atoms with Crippen LogP contribution in [0.2, 0.25) is 0 Å². The van der Waals surface area contributed by atoms with E-state index in [1.807, 2.05) is 24.6 Å². The third kappa shape index (κ3) is 9.50. The number of alkyl halides is 3. The first-order valence-electron chi connectivity index (χ1n) is 7.84. The average molecular weight is 448 g/mol. The van der Waals surface area contributed by atoms with E-state index in [0.717, 1.165) is 4.90 Å². The van der Waals surface area contributed by atoms with E-state index < -0.39 is 22.0 Å². The second-order valence-corrected chi connectivity index (χ2v) is 7.82. The summed E-state index contributed by atoms with van der Waals surface area (Å²) in [6.07, 6.45) is -0.160. The van der Waals surface area contributed by atoms with Crippen molar-refractivity contribution >= 4 is 38.5 Å². The Balaban J connectivity index is 0.000000252. The number of rotatable bonds is 2. The minimum atomic E-state index is -4.64. The summed E-state index contributed by atoms with van der Waals surface area (Å²) in [5, 5.41) is 11.8. The number of nitrogens with one attached hydrogen (secondary N) is 1. The molecule has 158 valence electrons. The lowest BCUT2D eigenvalue weighted by Gasteiger charge is -2.08. The van der Waals surface area contributed by atoms with E-state index in [0.29, 0.717) is 6.26 Å². The zero-order valence-electron chi connectivity index (χ0n) is 15.4. The number of benzene rings is 2. The van der Waals surface area contributed by atoms with Crippen molar-refractivity contribution in [2.24, 2.45) is 5.16 Å². The molecular weight excluding hydrogens is 429 g/mol. The monoisotopic (exact) mass is 448 g/mol. The van der Waals surface area contributed by atoms with Gasteiger partial charge in [-0.15, -0.1) is 11.8 Å². The summed E-state index contributed by atoms with van der Waals surface area (Å²) < 4.78 is 62.7. The number of halogens is 3. The quantitative estimate of drug-likeness (QED) is 0.171. The fourth-order valence-electron chi connectivity index (χ4n) is 2.02. The molecule has 0 fully saturated rings. The Morgan fingerprint density at radius 2 is 1.62 bits per heavy atom. The van der Waals surface area contributed by atoms with Crippen molar-refractivity contribution in [2.45, 2.75) is 11.1 Å². The lowest BCUT2D eigenvalue weighted by atomic mass is 10.1. The van der Waals surface area contributed by atoms with Crippen LogP contribution in [0.25, 0.3) is 10.9 Å². The van der Waals surface area contributed by atoms with Crippen LogP contribution in [0.15, 0.2) is 70.8 Å². The highest BCUT2D eigenvalue weighted by molar-refractivity contribution is 7.98. The minimum Gasteiger partial charge on any atom is -0.410 e. The van der Waals surface area contributed by atoms with Crippen LogP contribution < -0.4 is 0 Å². The first kappa shape index (κ1) is 24.5. The molecule has 0 radical (unpaired) electrons. The maximum absolute atomic E-state index is 12.3. The number of thioether (sulfide) groups is 1. The molecule has 0 aliphatic heterocycles. The molecule has 0 atom stereocenters. The van der Waals surface area contributed by atoms with Gasteiger partial charge in [0.1, 0.15) is 0 Å². The standard InChI is InChI=1S/C9H8F3NOS.C8H7N.CH4O3S/c1-15-7-4-2-6(3-5-7)8(13-14)9(10,11)12;1-2-4-8-7(3-1)5-6-9-8;1-5(2,3)4/h2-5,14H,1H3;1-6,9H;1H3,(H,2,3,4). The Morgan fingerprint density at radius 1 is 1.07 bits per heavy atom. The van der Waals surface area contributed by atoms with Crippen molar-refractivity contribution in [1.29, 1.82) is 0 Å². The SMILES string of the molecule is CS(=O)(=O)O.CSc1ccc(C(=NO)C(F)(F)F)cc1.c1ccc2[nH]ccc2c1. The molecule has 2 aromatic carbocycles. The fraction of sp³-hybridized carbons (Fsp3) is 0.167. The van der Waals surface area contributed by atoms with Crippen LogP contribution >= 0.6 is 11.8 Å². The van der Waals surface area contributed by atoms with Crippen molar-refractivity contribution in [3.63, 3.8) is 0 Å². The van der Waals surface area contributed by atoms with Gasteiger partial charge in [-0.1, -0.05) is 35.5 Å². The van der Waals surface area contributed by atoms with Gasteiger partial charge >= 0.3 is 6.18 Å². The molecule has 3 rings (SSSR count). The van der Waals surface area contributed by atoms with Crippen LogP contribution in [0.1, 0.15) is 5.56 Å². The number of para-hydroxylation sites is 1. The molecular formula is C18H19F3N2O4S2. The Hall–Kier alpha value is -2.50. The molecule has 0 spiro atoms. The number of nitrogens with zero attached hydrogens (tertiary/aromatic N) is 1. The summed E-state index contributed by atoms with van der Waals surface area (Å²) >= 11 is 1.42. The maximum Gasteiger partial charge on any atom is 0.437 e. The van der Waals surface area contributed by atoms with Crippen molar-refractivity contribution in [3.05, 3.63) is 66.4 Å². The summed E-state index contributed by atoms with van der Waals surface area (Å²) in [4.78, 5) is 3.97. The number of hydrogen-bond acceptors (Lipinski definition) is 5. The van der Waals surface area contributed by atoms with Crippen molar-refractivity contribution in [2.75, 3.05) is 12.5 Å². The molecule has 0 aliphatic carbocycles. The van der Waals surface area contributed by atoms with Crippen LogP contribution in [-0.2, 0) is 10.1 Å². The first-order valence-corrected chi connectivity index (χ1v) is 10.9. The van der Waals surface area contributed by atoms with Gasteiger partial charge < -0.3 is 10.2 Å². The lowest BCUT2D eigenvalue weighted by Crippen LogP contribution is -2.23. The average Bonchev–Trinajstić information content (AvgIpc) is 3.09. The van der Waals surface area contributed by atoms with Gasteiger partial charge in [0.05, 0.1) is 6.26 Å². The molecule has 1 heterocycles. The highest BCUT2D eigenvalue weighted by Gasteiger charge is 2.37. The Bertz CT molecular complexity index is 993. The van der Waals surface area contributed by atoms with Crippen molar-refractivity contribution in [3.8, 4) is 0 Å².